The number of carbonyl (C=O) groups is 1. The molecule has 0 unspecified atom stereocenters. The summed E-state index contributed by atoms with van der Waals surface area (Å²) in [7, 11) is 0. The summed E-state index contributed by atoms with van der Waals surface area (Å²) in [4.78, 5) is 14.7. The molecule has 0 spiro atoms. The van der Waals surface area contributed by atoms with Gasteiger partial charge in [0.25, 0.3) is 0 Å². The van der Waals surface area contributed by atoms with E-state index in [1.807, 2.05) is 48.5 Å². The predicted molar refractivity (Wildman–Crippen MR) is 109 cm³/mol. The lowest BCUT2D eigenvalue weighted by atomic mass is 9.79. The fourth-order valence-electron chi connectivity index (χ4n) is 2.81. The molecule has 0 aromatic heterocycles. The summed E-state index contributed by atoms with van der Waals surface area (Å²) in [5, 5.41) is 3.73. The van der Waals surface area contributed by atoms with E-state index in [2.05, 4.69) is 5.32 Å². The molecular formula is C19H22Cl2N2O2S. The van der Waals surface area contributed by atoms with Crippen LogP contribution in [0.5, 0.6) is 0 Å². The van der Waals surface area contributed by atoms with Gasteiger partial charge in [-0.3, -0.25) is 4.79 Å². The van der Waals surface area contributed by atoms with Crippen molar-refractivity contribution in [3.05, 3.63) is 53.6 Å². The zero-order valence-electron chi connectivity index (χ0n) is 14.2. The summed E-state index contributed by atoms with van der Waals surface area (Å²) in [5.74, 6) is -0.0233. The van der Waals surface area contributed by atoms with Crippen LogP contribution >= 0.6 is 35.8 Å². The fraction of sp³-hybridized carbons (Fsp3) is 0.316. The Bertz CT molecular complexity index is 735. The third kappa shape index (κ3) is 4.93. The quantitative estimate of drug-likeness (QED) is 0.752. The number of amides is 1. The summed E-state index contributed by atoms with van der Waals surface area (Å²) in [6, 6.07) is 15.5. The molecule has 0 atom stereocenters. The van der Waals surface area contributed by atoms with Crippen molar-refractivity contribution < 1.29 is 9.53 Å². The minimum Gasteiger partial charge on any atom is -0.381 e. The number of nitrogens with two attached hydrogens (primary N) is 1. The molecule has 1 aliphatic rings. The van der Waals surface area contributed by atoms with Crippen LogP contribution in [0.4, 0.5) is 5.69 Å². The molecule has 26 heavy (non-hydrogen) atoms. The van der Waals surface area contributed by atoms with Crippen LogP contribution < -0.4 is 11.1 Å². The van der Waals surface area contributed by atoms with Crippen LogP contribution in [0.1, 0.15) is 12.8 Å². The van der Waals surface area contributed by atoms with E-state index in [1.54, 1.807) is 11.8 Å². The highest BCUT2D eigenvalue weighted by atomic mass is 35.5. The monoisotopic (exact) mass is 412 g/mol. The predicted octanol–water partition coefficient (Wildman–Crippen LogP) is 4.61. The van der Waals surface area contributed by atoms with Crippen molar-refractivity contribution in [1.82, 2.24) is 0 Å². The molecule has 0 radical (unpaired) electrons. The van der Waals surface area contributed by atoms with Gasteiger partial charge < -0.3 is 15.8 Å². The van der Waals surface area contributed by atoms with E-state index in [0.29, 0.717) is 32.6 Å². The van der Waals surface area contributed by atoms with E-state index >= 15 is 0 Å². The van der Waals surface area contributed by atoms with Crippen LogP contribution in [0.25, 0.3) is 0 Å². The minimum absolute atomic E-state index is 0. The molecule has 3 rings (SSSR count). The molecule has 7 heteroatoms. The molecule has 0 bridgehead atoms. The number of benzene rings is 2. The number of anilines is 1. The normalized spacial score (nSPS) is 15.8. The summed E-state index contributed by atoms with van der Waals surface area (Å²) in [6.07, 6.45) is 1.32. The number of carbonyl (C=O) groups excluding carboxylic acids is 1. The highest BCUT2D eigenvalue weighted by molar-refractivity contribution is 7.99. The lowest BCUT2D eigenvalue weighted by Crippen LogP contribution is -2.46. The number of halogens is 2. The van der Waals surface area contributed by atoms with E-state index < -0.39 is 5.41 Å². The van der Waals surface area contributed by atoms with Crippen molar-refractivity contribution >= 4 is 47.4 Å². The van der Waals surface area contributed by atoms with Gasteiger partial charge in [0.05, 0.1) is 10.4 Å². The average Bonchev–Trinajstić information content (AvgIpc) is 2.65. The minimum atomic E-state index is -0.525. The van der Waals surface area contributed by atoms with Gasteiger partial charge in [-0.15, -0.1) is 12.4 Å². The first kappa shape index (κ1) is 21.1. The summed E-state index contributed by atoms with van der Waals surface area (Å²) in [5.41, 5.74) is 6.13. The molecule has 1 heterocycles. The van der Waals surface area contributed by atoms with Gasteiger partial charge in [0.15, 0.2) is 0 Å². The number of nitrogens with one attached hydrogen (secondary N) is 1. The second-order valence-corrected chi connectivity index (χ2v) is 7.63. The molecule has 1 saturated heterocycles. The zero-order valence-corrected chi connectivity index (χ0v) is 16.6. The van der Waals surface area contributed by atoms with Gasteiger partial charge in [0.2, 0.25) is 5.91 Å². The second kappa shape index (κ2) is 9.62. The Morgan fingerprint density at radius 2 is 1.81 bits per heavy atom. The maximum Gasteiger partial charge on any atom is 0.232 e. The number of hydrogen-bond acceptors (Lipinski definition) is 4. The van der Waals surface area contributed by atoms with Crippen LogP contribution in [0, 0.1) is 5.41 Å². The summed E-state index contributed by atoms with van der Waals surface area (Å²) >= 11 is 7.78. The number of rotatable bonds is 5. The van der Waals surface area contributed by atoms with E-state index in [-0.39, 0.29) is 18.3 Å². The molecule has 1 fully saturated rings. The molecule has 2 aromatic carbocycles. The largest absolute Gasteiger partial charge is 0.381 e. The molecular weight excluding hydrogens is 391 g/mol. The topological polar surface area (TPSA) is 64.4 Å². The highest BCUT2D eigenvalue weighted by Crippen LogP contribution is 2.34. The standard InChI is InChI=1S/C19H21ClN2O2S.ClH/c20-16-3-1-2-4-17(16)25-15-7-5-14(6-8-15)22-18(23)19(13-21)9-11-24-12-10-19;/h1-8H,9-13,21H2,(H,22,23);1H. The second-order valence-electron chi connectivity index (χ2n) is 6.11. The maximum absolute atomic E-state index is 12.7. The Morgan fingerprint density at radius 3 is 2.42 bits per heavy atom. The van der Waals surface area contributed by atoms with Gasteiger partial charge in [-0.05, 0) is 49.2 Å². The van der Waals surface area contributed by atoms with Crippen LogP contribution in [0.15, 0.2) is 58.3 Å². The molecule has 2 aromatic rings. The summed E-state index contributed by atoms with van der Waals surface area (Å²) < 4.78 is 5.36. The van der Waals surface area contributed by atoms with Crippen molar-refractivity contribution in [2.45, 2.75) is 22.6 Å². The molecule has 1 amide bonds. The van der Waals surface area contributed by atoms with E-state index in [1.165, 1.54) is 0 Å². The van der Waals surface area contributed by atoms with Crippen LogP contribution in [-0.2, 0) is 9.53 Å². The SMILES string of the molecule is Cl.NCC1(C(=O)Nc2ccc(Sc3ccccc3Cl)cc2)CCOCC1. The van der Waals surface area contributed by atoms with E-state index in [4.69, 9.17) is 22.1 Å². The first-order valence-corrected chi connectivity index (χ1v) is 9.44. The van der Waals surface area contributed by atoms with Crippen molar-refractivity contribution in [3.8, 4) is 0 Å². The van der Waals surface area contributed by atoms with Crippen molar-refractivity contribution in [1.29, 1.82) is 0 Å². The van der Waals surface area contributed by atoms with Gasteiger partial charge in [-0.2, -0.15) is 0 Å². The van der Waals surface area contributed by atoms with Gasteiger partial charge >= 0.3 is 0 Å². The Balaban J connectivity index is 0.00000243. The van der Waals surface area contributed by atoms with Crippen LogP contribution in [0.3, 0.4) is 0 Å². The lowest BCUT2D eigenvalue weighted by Gasteiger charge is -2.34. The third-order valence-corrected chi connectivity index (χ3v) is 6.02. The Kier molecular flexibility index (Phi) is 7.80. The van der Waals surface area contributed by atoms with Crippen LogP contribution in [-0.4, -0.2) is 25.7 Å². The van der Waals surface area contributed by atoms with Gasteiger partial charge in [0, 0.05) is 35.2 Å². The van der Waals surface area contributed by atoms with E-state index in [0.717, 1.165) is 20.5 Å². The average molecular weight is 413 g/mol. The first-order valence-electron chi connectivity index (χ1n) is 8.25. The zero-order chi connectivity index (χ0) is 17.7. The Morgan fingerprint density at radius 1 is 1.15 bits per heavy atom. The molecule has 140 valence electrons. The maximum atomic E-state index is 12.7. The van der Waals surface area contributed by atoms with E-state index in [9.17, 15) is 4.79 Å². The Labute approximate surface area is 169 Å². The van der Waals surface area contributed by atoms with Crippen molar-refractivity contribution in [2.24, 2.45) is 11.1 Å². The number of hydrogen-bond donors (Lipinski definition) is 2. The molecule has 0 saturated carbocycles. The molecule has 3 N–H and O–H groups in total. The third-order valence-electron chi connectivity index (χ3n) is 4.50. The highest BCUT2D eigenvalue weighted by Gasteiger charge is 2.38. The van der Waals surface area contributed by atoms with Gasteiger partial charge in [-0.1, -0.05) is 35.5 Å². The smallest absolute Gasteiger partial charge is 0.232 e. The molecule has 0 aliphatic carbocycles. The summed E-state index contributed by atoms with van der Waals surface area (Å²) in [6.45, 7) is 1.50. The van der Waals surface area contributed by atoms with Crippen molar-refractivity contribution in [2.75, 3.05) is 25.1 Å². The Hall–Kier alpha value is -1.24. The molecule has 4 nitrogen and oxygen atoms in total. The fourth-order valence-corrected chi connectivity index (χ4v) is 3.90. The molecule has 1 aliphatic heterocycles. The van der Waals surface area contributed by atoms with Crippen molar-refractivity contribution in [3.63, 3.8) is 0 Å². The van der Waals surface area contributed by atoms with Crippen LogP contribution in [0.2, 0.25) is 5.02 Å². The lowest BCUT2D eigenvalue weighted by molar-refractivity contribution is -0.130. The first-order chi connectivity index (χ1) is 12.1. The van der Waals surface area contributed by atoms with Gasteiger partial charge in [0.1, 0.15) is 0 Å². The number of ether oxygens (including phenoxy) is 1. The van der Waals surface area contributed by atoms with Gasteiger partial charge in [-0.25, -0.2) is 0 Å².